The van der Waals surface area contributed by atoms with Crippen LogP contribution >= 0.6 is 11.3 Å². The normalized spacial score (nSPS) is 16.5. The maximum atomic E-state index is 13.5. The number of anilines is 1. The molecular weight excluding hydrogens is 402 g/mol. The first kappa shape index (κ1) is 19.3. The van der Waals surface area contributed by atoms with Crippen LogP contribution in [0.2, 0.25) is 0 Å². The second-order valence-corrected chi connectivity index (χ2v) is 8.24. The average Bonchev–Trinajstić information content (AvgIpc) is 3.23. The van der Waals surface area contributed by atoms with Crippen LogP contribution in [0.4, 0.5) is 5.13 Å². The highest BCUT2D eigenvalue weighted by molar-refractivity contribution is 7.22. The minimum Gasteiger partial charge on any atom is -0.486 e. The van der Waals surface area contributed by atoms with E-state index >= 15 is 0 Å². The number of rotatable bonds is 5. The third-order valence-corrected chi connectivity index (χ3v) is 6.35. The van der Waals surface area contributed by atoms with Crippen LogP contribution in [0.3, 0.4) is 0 Å². The van der Waals surface area contributed by atoms with E-state index in [-0.39, 0.29) is 5.91 Å². The van der Waals surface area contributed by atoms with E-state index in [4.69, 9.17) is 19.2 Å². The summed E-state index contributed by atoms with van der Waals surface area (Å²) < 4.78 is 17.8. The molecule has 0 saturated carbocycles. The maximum Gasteiger partial charge on any atom is 0.260 e. The summed E-state index contributed by atoms with van der Waals surface area (Å²) in [6, 6.07) is 13.3. The molecule has 2 aliphatic heterocycles. The predicted octanol–water partition coefficient (Wildman–Crippen LogP) is 3.05. The molecule has 8 heteroatoms. The molecule has 0 unspecified atom stereocenters. The van der Waals surface area contributed by atoms with Gasteiger partial charge in [-0.15, -0.1) is 0 Å². The smallest absolute Gasteiger partial charge is 0.260 e. The molecule has 2 aromatic carbocycles. The fraction of sp³-hybridized carbons (Fsp3) is 0.364. The number of aromatic nitrogens is 1. The Bertz CT molecular complexity index is 1010. The third-order valence-electron chi connectivity index (χ3n) is 5.29. The lowest BCUT2D eigenvalue weighted by Gasteiger charge is -2.29. The van der Waals surface area contributed by atoms with Gasteiger partial charge >= 0.3 is 0 Å². The van der Waals surface area contributed by atoms with Crippen molar-refractivity contribution in [1.29, 1.82) is 0 Å². The summed E-state index contributed by atoms with van der Waals surface area (Å²) in [7, 11) is 0. The molecule has 2 aliphatic rings. The molecule has 3 heterocycles. The van der Waals surface area contributed by atoms with E-state index in [1.165, 1.54) is 11.3 Å². The van der Waals surface area contributed by atoms with E-state index in [0.29, 0.717) is 42.0 Å². The molecule has 0 radical (unpaired) electrons. The molecule has 30 heavy (non-hydrogen) atoms. The molecule has 5 rings (SSSR count). The highest BCUT2D eigenvalue weighted by Crippen LogP contribution is 2.33. The molecule has 156 valence electrons. The van der Waals surface area contributed by atoms with Crippen molar-refractivity contribution in [3.63, 3.8) is 0 Å². The van der Waals surface area contributed by atoms with Crippen LogP contribution in [0.5, 0.6) is 11.5 Å². The van der Waals surface area contributed by atoms with Crippen LogP contribution < -0.4 is 14.4 Å². The lowest BCUT2D eigenvalue weighted by atomic mass is 10.1. The Morgan fingerprint density at radius 3 is 2.67 bits per heavy atom. The molecule has 0 aliphatic carbocycles. The average molecular weight is 426 g/mol. The van der Waals surface area contributed by atoms with Crippen LogP contribution in [0.25, 0.3) is 10.2 Å². The second kappa shape index (κ2) is 8.59. The molecule has 1 saturated heterocycles. The molecular formula is C22H23N3O4S. The molecule has 1 aromatic heterocycles. The van der Waals surface area contributed by atoms with Gasteiger partial charge in [0.2, 0.25) is 0 Å². The Hall–Kier alpha value is -2.68. The number of para-hydroxylation sites is 1. The van der Waals surface area contributed by atoms with Crippen molar-refractivity contribution < 1.29 is 19.0 Å². The Labute approximate surface area is 178 Å². The number of fused-ring (bicyclic) bond motifs is 2. The number of nitrogens with zero attached hydrogens (tertiary/aromatic N) is 3. The topological polar surface area (TPSA) is 64.1 Å². The number of hydrogen-bond acceptors (Lipinski definition) is 7. The zero-order chi connectivity index (χ0) is 20.3. The first-order valence-electron chi connectivity index (χ1n) is 10.2. The van der Waals surface area contributed by atoms with Gasteiger partial charge in [-0.05, 0) is 30.3 Å². The number of carbonyl (C=O) groups excluding carboxylic acids is 1. The fourth-order valence-electron chi connectivity index (χ4n) is 3.66. The van der Waals surface area contributed by atoms with Gasteiger partial charge in [0.1, 0.15) is 13.2 Å². The van der Waals surface area contributed by atoms with Crippen molar-refractivity contribution in [2.24, 2.45) is 0 Å². The van der Waals surface area contributed by atoms with Crippen LogP contribution in [0.15, 0.2) is 42.5 Å². The van der Waals surface area contributed by atoms with E-state index in [1.807, 2.05) is 24.3 Å². The molecule has 0 N–H and O–H groups in total. The van der Waals surface area contributed by atoms with Crippen molar-refractivity contribution in [3.05, 3.63) is 48.0 Å². The number of carbonyl (C=O) groups is 1. The van der Waals surface area contributed by atoms with E-state index in [1.54, 1.807) is 23.1 Å². The minimum absolute atomic E-state index is 0.0840. The van der Waals surface area contributed by atoms with Gasteiger partial charge in [-0.2, -0.15) is 0 Å². The number of hydrogen-bond donors (Lipinski definition) is 0. The van der Waals surface area contributed by atoms with Crippen molar-refractivity contribution in [2.45, 2.75) is 0 Å². The zero-order valence-corrected chi connectivity index (χ0v) is 17.4. The molecule has 7 nitrogen and oxygen atoms in total. The van der Waals surface area contributed by atoms with E-state index in [2.05, 4.69) is 4.90 Å². The monoisotopic (exact) mass is 425 g/mol. The summed E-state index contributed by atoms with van der Waals surface area (Å²) in [6.45, 7) is 5.58. The van der Waals surface area contributed by atoms with E-state index in [9.17, 15) is 4.79 Å². The summed E-state index contributed by atoms with van der Waals surface area (Å²) in [5.41, 5.74) is 1.48. The van der Waals surface area contributed by atoms with Gasteiger partial charge in [0, 0.05) is 31.7 Å². The molecule has 0 bridgehead atoms. The Morgan fingerprint density at radius 1 is 1.03 bits per heavy atom. The van der Waals surface area contributed by atoms with Crippen LogP contribution in [-0.2, 0) is 4.74 Å². The molecule has 1 fully saturated rings. The second-order valence-electron chi connectivity index (χ2n) is 7.23. The highest BCUT2D eigenvalue weighted by atomic mass is 32.1. The SMILES string of the molecule is O=C(c1ccc2c(c1)OCCO2)N(CCN1CCOCC1)c1nc2ccccc2s1. The molecule has 1 amide bonds. The van der Waals surface area contributed by atoms with Gasteiger partial charge in [0.15, 0.2) is 16.6 Å². The molecule has 0 atom stereocenters. The Morgan fingerprint density at radius 2 is 1.83 bits per heavy atom. The summed E-state index contributed by atoms with van der Waals surface area (Å²) in [4.78, 5) is 22.4. The summed E-state index contributed by atoms with van der Waals surface area (Å²) >= 11 is 1.54. The Balaban J connectivity index is 1.44. The van der Waals surface area contributed by atoms with Gasteiger partial charge in [-0.1, -0.05) is 23.5 Å². The number of amides is 1. The summed E-state index contributed by atoms with van der Waals surface area (Å²) in [5, 5.41) is 0.712. The molecule has 0 spiro atoms. The standard InChI is InChI=1S/C22H23N3O4S/c26-21(16-5-6-18-19(15-16)29-14-13-28-18)25(8-7-24-9-11-27-12-10-24)22-23-17-3-1-2-4-20(17)30-22/h1-6,15H,7-14H2. The van der Waals surface area contributed by atoms with Gasteiger partial charge < -0.3 is 14.2 Å². The largest absolute Gasteiger partial charge is 0.486 e. The fourth-order valence-corrected chi connectivity index (χ4v) is 4.65. The minimum atomic E-state index is -0.0840. The van der Waals surface area contributed by atoms with Crippen molar-refractivity contribution in [3.8, 4) is 11.5 Å². The third kappa shape index (κ3) is 3.98. The van der Waals surface area contributed by atoms with Gasteiger partial charge in [0.25, 0.3) is 5.91 Å². The van der Waals surface area contributed by atoms with E-state index < -0.39 is 0 Å². The first-order valence-corrected chi connectivity index (χ1v) is 11.0. The van der Waals surface area contributed by atoms with Gasteiger partial charge in [-0.3, -0.25) is 14.6 Å². The van der Waals surface area contributed by atoms with Crippen LogP contribution in [-0.4, -0.2) is 68.4 Å². The van der Waals surface area contributed by atoms with Gasteiger partial charge in [0.05, 0.1) is 23.4 Å². The van der Waals surface area contributed by atoms with Crippen molar-refractivity contribution >= 4 is 32.6 Å². The number of benzene rings is 2. The zero-order valence-electron chi connectivity index (χ0n) is 16.6. The van der Waals surface area contributed by atoms with Crippen LogP contribution in [0.1, 0.15) is 10.4 Å². The summed E-state index contributed by atoms with van der Waals surface area (Å²) in [6.07, 6.45) is 0. The van der Waals surface area contributed by atoms with Crippen molar-refractivity contribution in [2.75, 3.05) is 57.5 Å². The summed E-state index contributed by atoms with van der Waals surface area (Å²) in [5.74, 6) is 1.21. The Kier molecular flexibility index (Phi) is 5.52. The first-order chi connectivity index (χ1) is 14.8. The van der Waals surface area contributed by atoms with Crippen LogP contribution in [0, 0.1) is 0 Å². The number of ether oxygens (including phenoxy) is 3. The van der Waals surface area contributed by atoms with E-state index in [0.717, 1.165) is 43.1 Å². The lowest BCUT2D eigenvalue weighted by Crippen LogP contribution is -2.43. The quantitative estimate of drug-likeness (QED) is 0.626. The lowest BCUT2D eigenvalue weighted by molar-refractivity contribution is 0.0391. The van der Waals surface area contributed by atoms with Gasteiger partial charge in [-0.25, -0.2) is 4.98 Å². The highest BCUT2D eigenvalue weighted by Gasteiger charge is 2.24. The maximum absolute atomic E-state index is 13.5. The molecule has 3 aromatic rings. The predicted molar refractivity (Wildman–Crippen MR) is 116 cm³/mol. The number of morpholine rings is 1. The van der Waals surface area contributed by atoms with Crippen molar-refractivity contribution in [1.82, 2.24) is 9.88 Å². The number of thiazole rings is 1.